The quantitative estimate of drug-likeness (QED) is 0.575. The monoisotopic (exact) mass is 318 g/mol. The van der Waals surface area contributed by atoms with Gasteiger partial charge in [-0.15, -0.1) is 0 Å². The van der Waals surface area contributed by atoms with Gasteiger partial charge in [0, 0.05) is 0 Å². The molecule has 1 heterocycles. The first-order valence-corrected chi connectivity index (χ1v) is 7.69. The lowest BCUT2D eigenvalue weighted by atomic mass is 10.0. The van der Waals surface area contributed by atoms with Crippen molar-refractivity contribution in [3.05, 3.63) is 83.3 Å². The Bertz CT molecular complexity index is 862. The van der Waals surface area contributed by atoms with E-state index in [1.165, 1.54) is 5.56 Å². The fraction of sp³-hybridized carbons (Fsp3) is 0.100. The summed E-state index contributed by atoms with van der Waals surface area (Å²) in [5.41, 5.74) is 6.24. The minimum atomic E-state index is -0.276. The smallest absolute Gasteiger partial charge is 0.274 e. The van der Waals surface area contributed by atoms with Crippen molar-refractivity contribution in [2.24, 2.45) is 5.10 Å². The second kappa shape index (κ2) is 6.96. The predicted molar refractivity (Wildman–Crippen MR) is 95.1 cm³/mol. The van der Waals surface area contributed by atoms with E-state index in [2.05, 4.69) is 22.7 Å². The van der Waals surface area contributed by atoms with Crippen molar-refractivity contribution >= 4 is 12.1 Å². The Hall–Kier alpha value is -3.14. The number of aryl methyl sites for hydroxylation is 2. The summed E-state index contributed by atoms with van der Waals surface area (Å²) < 4.78 is 5.34. The summed E-state index contributed by atoms with van der Waals surface area (Å²) in [7, 11) is 0. The van der Waals surface area contributed by atoms with Crippen LogP contribution in [0.4, 0.5) is 0 Å². The Morgan fingerprint density at radius 1 is 1.00 bits per heavy atom. The number of benzene rings is 2. The maximum Gasteiger partial charge on any atom is 0.274 e. The zero-order valence-corrected chi connectivity index (χ0v) is 13.6. The first-order valence-electron chi connectivity index (χ1n) is 7.69. The number of hydrogen-bond acceptors (Lipinski definition) is 3. The van der Waals surface area contributed by atoms with Gasteiger partial charge in [-0.3, -0.25) is 4.79 Å². The topological polar surface area (TPSA) is 54.6 Å². The second-order valence-corrected chi connectivity index (χ2v) is 5.51. The molecule has 2 aromatic carbocycles. The third kappa shape index (κ3) is 3.60. The Kier molecular flexibility index (Phi) is 4.57. The van der Waals surface area contributed by atoms with E-state index in [0.29, 0.717) is 17.1 Å². The van der Waals surface area contributed by atoms with Crippen LogP contribution < -0.4 is 5.43 Å². The van der Waals surface area contributed by atoms with Gasteiger partial charge in [0.05, 0.1) is 11.8 Å². The second-order valence-electron chi connectivity index (χ2n) is 5.51. The van der Waals surface area contributed by atoms with Crippen molar-refractivity contribution < 1.29 is 9.21 Å². The van der Waals surface area contributed by atoms with Gasteiger partial charge in [0.1, 0.15) is 11.5 Å². The number of carbonyl (C=O) groups is 1. The molecule has 0 atom stereocenters. The Balaban J connectivity index is 1.65. The molecule has 0 saturated heterocycles. The van der Waals surface area contributed by atoms with Gasteiger partial charge in [0.2, 0.25) is 0 Å². The molecule has 1 aromatic heterocycles. The lowest BCUT2D eigenvalue weighted by molar-refractivity contribution is 0.0953. The van der Waals surface area contributed by atoms with Gasteiger partial charge < -0.3 is 4.42 Å². The van der Waals surface area contributed by atoms with Gasteiger partial charge in [0.25, 0.3) is 5.91 Å². The summed E-state index contributed by atoms with van der Waals surface area (Å²) in [6, 6.07) is 19.8. The van der Waals surface area contributed by atoms with Gasteiger partial charge in [-0.2, -0.15) is 5.10 Å². The van der Waals surface area contributed by atoms with E-state index in [9.17, 15) is 4.79 Å². The Morgan fingerprint density at radius 3 is 2.29 bits per heavy atom. The molecule has 120 valence electrons. The Labute approximate surface area is 140 Å². The molecule has 0 radical (unpaired) electrons. The minimum Gasteiger partial charge on any atom is -0.466 e. The largest absolute Gasteiger partial charge is 0.466 e. The molecule has 3 aromatic rings. The fourth-order valence-electron chi connectivity index (χ4n) is 2.47. The van der Waals surface area contributed by atoms with Gasteiger partial charge in [-0.1, -0.05) is 54.6 Å². The first-order chi connectivity index (χ1) is 11.6. The molecule has 0 aliphatic heterocycles. The molecule has 0 bridgehead atoms. The van der Waals surface area contributed by atoms with Crippen LogP contribution in [0.15, 0.2) is 70.2 Å². The number of hydrazone groups is 1. The summed E-state index contributed by atoms with van der Waals surface area (Å²) in [5, 5.41) is 4.00. The number of furan rings is 1. The zero-order valence-electron chi connectivity index (χ0n) is 13.6. The van der Waals surface area contributed by atoms with Crippen molar-refractivity contribution in [3.63, 3.8) is 0 Å². The number of carbonyl (C=O) groups excluding carboxylic acids is 1. The normalized spacial score (nSPS) is 10.9. The zero-order chi connectivity index (χ0) is 16.9. The number of hydrogen-bond donors (Lipinski definition) is 1. The van der Waals surface area contributed by atoms with Crippen LogP contribution in [-0.2, 0) is 0 Å². The van der Waals surface area contributed by atoms with Crippen molar-refractivity contribution in [2.45, 2.75) is 13.8 Å². The highest BCUT2D eigenvalue weighted by Gasteiger charge is 2.12. The molecule has 4 nitrogen and oxygen atoms in total. The van der Waals surface area contributed by atoms with Crippen LogP contribution in [0.25, 0.3) is 11.1 Å². The van der Waals surface area contributed by atoms with E-state index < -0.39 is 0 Å². The van der Waals surface area contributed by atoms with Gasteiger partial charge in [-0.25, -0.2) is 5.43 Å². The fourth-order valence-corrected chi connectivity index (χ4v) is 2.47. The lowest BCUT2D eigenvalue weighted by Crippen LogP contribution is -2.17. The minimum absolute atomic E-state index is 0.276. The van der Waals surface area contributed by atoms with E-state index in [1.807, 2.05) is 42.5 Å². The van der Waals surface area contributed by atoms with Crippen LogP contribution >= 0.6 is 0 Å². The van der Waals surface area contributed by atoms with Crippen LogP contribution in [0.5, 0.6) is 0 Å². The van der Waals surface area contributed by atoms with Crippen molar-refractivity contribution in [1.29, 1.82) is 0 Å². The highest BCUT2D eigenvalue weighted by Crippen LogP contribution is 2.18. The average molecular weight is 318 g/mol. The van der Waals surface area contributed by atoms with E-state index in [0.717, 1.165) is 11.1 Å². The van der Waals surface area contributed by atoms with Crippen LogP contribution in [0, 0.1) is 13.8 Å². The maximum absolute atomic E-state index is 12.0. The van der Waals surface area contributed by atoms with Gasteiger partial charge in [0.15, 0.2) is 0 Å². The third-order valence-corrected chi connectivity index (χ3v) is 3.68. The highest BCUT2D eigenvalue weighted by molar-refractivity contribution is 5.95. The maximum atomic E-state index is 12.0. The summed E-state index contributed by atoms with van der Waals surface area (Å²) in [6.07, 6.45) is 1.62. The summed E-state index contributed by atoms with van der Waals surface area (Å²) >= 11 is 0. The molecule has 0 fully saturated rings. The molecular formula is C20H18N2O2. The van der Waals surface area contributed by atoms with E-state index in [4.69, 9.17) is 4.42 Å². The molecule has 1 N–H and O–H groups in total. The molecule has 24 heavy (non-hydrogen) atoms. The van der Waals surface area contributed by atoms with Crippen LogP contribution in [-0.4, -0.2) is 12.1 Å². The van der Waals surface area contributed by atoms with Crippen molar-refractivity contribution in [1.82, 2.24) is 5.43 Å². The number of nitrogens with one attached hydrogen (secondary N) is 1. The molecule has 3 rings (SSSR count). The molecule has 0 spiro atoms. The number of nitrogens with zero attached hydrogens (tertiary/aromatic N) is 1. The molecule has 0 saturated carbocycles. The van der Waals surface area contributed by atoms with Crippen LogP contribution in [0.3, 0.4) is 0 Å². The summed E-state index contributed by atoms with van der Waals surface area (Å²) in [4.78, 5) is 12.0. The summed E-state index contributed by atoms with van der Waals surface area (Å²) in [6.45, 7) is 3.56. The molecular weight excluding hydrogens is 300 g/mol. The standard InChI is InChI=1S/C20H18N2O2/c1-14-12-19(15(2)24-14)20(23)22-21-13-16-8-10-18(11-9-16)17-6-4-3-5-7-17/h3-13H,1-2H3,(H,22,23)/b21-13-. The van der Waals surface area contributed by atoms with Crippen molar-refractivity contribution in [3.8, 4) is 11.1 Å². The van der Waals surface area contributed by atoms with Gasteiger partial charge >= 0.3 is 0 Å². The molecule has 0 unspecified atom stereocenters. The van der Waals surface area contributed by atoms with E-state index in [-0.39, 0.29) is 5.91 Å². The third-order valence-electron chi connectivity index (χ3n) is 3.68. The molecule has 1 amide bonds. The van der Waals surface area contributed by atoms with Crippen LogP contribution in [0.2, 0.25) is 0 Å². The first kappa shape index (κ1) is 15.7. The highest BCUT2D eigenvalue weighted by atomic mass is 16.3. The number of rotatable bonds is 4. The lowest BCUT2D eigenvalue weighted by Gasteiger charge is -2.02. The average Bonchev–Trinajstić information content (AvgIpc) is 2.95. The molecule has 0 aliphatic carbocycles. The summed E-state index contributed by atoms with van der Waals surface area (Å²) in [5.74, 6) is 1.02. The SMILES string of the molecule is Cc1cc(C(=O)N/N=C\c2ccc(-c3ccccc3)cc2)c(C)o1. The van der Waals surface area contributed by atoms with E-state index >= 15 is 0 Å². The van der Waals surface area contributed by atoms with Crippen LogP contribution in [0.1, 0.15) is 27.4 Å². The Morgan fingerprint density at radius 2 is 1.67 bits per heavy atom. The molecule has 4 heteroatoms. The molecule has 0 aliphatic rings. The van der Waals surface area contributed by atoms with Gasteiger partial charge in [-0.05, 0) is 36.6 Å². The predicted octanol–water partition coefficient (Wildman–Crippen LogP) is 4.33. The van der Waals surface area contributed by atoms with Crippen molar-refractivity contribution in [2.75, 3.05) is 0 Å². The number of amides is 1. The van der Waals surface area contributed by atoms with E-state index in [1.54, 1.807) is 26.1 Å².